The van der Waals surface area contributed by atoms with Crippen molar-refractivity contribution in [2.75, 3.05) is 0 Å². The van der Waals surface area contributed by atoms with E-state index in [0.717, 1.165) is 12.1 Å². The van der Waals surface area contributed by atoms with Gasteiger partial charge in [-0.2, -0.15) is 22.1 Å². The summed E-state index contributed by atoms with van der Waals surface area (Å²) in [4.78, 5) is 13.1. The van der Waals surface area contributed by atoms with Gasteiger partial charge in [0.05, 0.1) is 11.8 Å². The van der Waals surface area contributed by atoms with Gasteiger partial charge in [-0.15, -0.1) is 0 Å². The third kappa shape index (κ3) is 4.74. The van der Waals surface area contributed by atoms with Crippen molar-refractivity contribution in [1.82, 2.24) is 4.40 Å². The number of pyridine rings is 1. The molecule has 4 aromatic rings. The Bertz CT molecular complexity index is 1430. The normalized spacial score (nSPS) is 12.0. The van der Waals surface area contributed by atoms with Crippen LogP contribution in [-0.2, 0) is 12.7 Å². The molecule has 2 aromatic heterocycles. The van der Waals surface area contributed by atoms with E-state index in [2.05, 4.69) is 0 Å². The van der Waals surface area contributed by atoms with Crippen molar-refractivity contribution in [1.29, 1.82) is 0 Å². The van der Waals surface area contributed by atoms with Crippen LogP contribution in [0.1, 0.15) is 11.1 Å². The van der Waals surface area contributed by atoms with E-state index in [-0.39, 0.29) is 18.0 Å². The quantitative estimate of drug-likeness (QED) is 0.356. The monoisotopic (exact) mass is 491 g/mol. The summed E-state index contributed by atoms with van der Waals surface area (Å²) in [7, 11) is 0. The van der Waals surface area contributed by atoms with Crippen molar-refractivity contribution in [3.8, 4) is 17.0 Å². The number of benzene rings is 2. The van der Waals surface area contributed by atoms with Crippen molar-refractivity contribution < 1.29 is 22.8 Å². The lowest BCUT2D eigenvalue weighted by atomic mass is 10.1. The van der Waals surface area contributed by atoms with Gasteiger partial charge in [0.2, 0.25) is 0 Å². The molecule has 0 bridgehead atoms. The lowest BCUT2D eigenvalue weighted by Gasteiger charge is -2.09. The average Bonchev–Trinajstić information content (AvgIpc) is 2.75. The van der Waals surface area contributed by atoms with Crippen molar-refractivity contribution in [3.05, 3.63) is 104 Å². The first-order valence-electron chi connectivity index (χ1n) is 9.71. The van der Waals surface area contributed by atoms with E-state index in [1.54, 1.807) is 36.5 Å². The third-order valence-corrected chi connectivity index (χ3v) is 5.43. The number of halogens is 5. The second kappa shape index (κ2) is 8.92. The molecule has 33 heavy (non-hydrogen) atoms. The molecule has 4 rings (SSSR count). The molecule has 0 aliphatic heterocycles. The van der Waals surface area contributed by atoms with Crippen molar-refractivity contribution in [2.45, 2.75) is 12.7 Å². The van der Waals surface area contributed by atoms with E-state index in [4.69, 9.17) is 23.2 Å². The van der Waals surface area contributed by atoms with Gasteiger partial charge < -0.3 is 5.11 Å². The number of allylic oxidation sites excluding steroid dienone is 1. The highest BCUT2D eigenvalue weighted by atomic mass is 35.5. The molecule has 0 spiro atoms. The number of nitrogens with zero attached hydrogens (tertiary/aromatic N) is 2. The minimum atomic E-state index is -4.44. The zero-order chi connectivity index (χ0) is 23.8. The fourth-order valence-corrected chi connectivity index (χ4v) is 4.06. The second-order valence-electron chi connectivity index (χ2n) is 7.23. The zero-order valence-electron chi connectivity index (χ0n) is 16.9. The summed E-state index contributed by atoms with van der Waals surface area (Å²) in [5.41, 5.74) is -0.148. The Kier molecular flexibility index (Phi) is 6.19. The van der Waals surface area contributed by atoms with Gasteiger partial charge in [0.15, 0.2) is 5.56 Å². The van der Waals surface area contributed by atoms with Crippen LogP contribution in [0, 0.1) is 0 Å². The Morgan fingerprint density at radius 1 is 1.00 bits per heavy atom. The topological polar surface area (TPSA) is 45.6 Å². The standard InChI is InChI=1S/C24H15Cl2F3N2O2/c25-18-12-16(13-19(26)14-18)21-22(32)30-9-2-1-8-20(30)31(23(21)33)10-4-6-15-5-3-7-17(11-15)24(27,28)29/h1-9,11-14H,10H2/p+1/b6-4+. The highest BCUT2D eigenvalue weighted by Gasteiger charge is 2.30. The third-order valence-electron chi connectivity index (χ3n) is 4.99. The predicted molar refractivity (Wildman–Crippen MR) is 121 cm³/mol. The van der Waals surface area contributed by atoms with Crippen molar-refractivity contribution in [2.24, 2.45) is 0 Å². The molecule has 0 radical (unpaired) electrons. The van der Waals surface area contributed by atoms with Crippen molar-refractivity contribution >= 4 is 34.9 Å². The summed E-state index contributed by atoms with van der Waals surface area (Å²) < 4.78 is 41.7. The van der Waals surface area contributed by atoms with E-state index in [9.17, 15) is 23.1 Å². The first kappa shape index (κ1) is 22.9. The number of rotatable bonds is 4. The number of hydrogen-bond acceptors (Lipinski definition) is 2. The van der Waals surface area contributed by atoms with Gasteiger partial charge in [0.25, 0.3) is 11.5 Å². The maximum atomic E-state index is 13.1. The summed E-state index contributed by atoms with van der Waals surface area (Å²) in [6.45, 7) is 0.0805. The first-order chi connectivity index (χ1) is 15.6. The van der Waals surface area contributed by atoms with Crippen LogP contribution in [0.2, 0.25) is 10.0 Å². The molecule has 0 amide bonds. The minimum absolute atomic E-state index is 0.00410. The molecule has 2 aromatic carbocycles. The van der Waals surface area contributed by atoms with E-state index in [1.807, 2.05) is 0 Å². The molecule has 2 heterocycles. The number of hydrogen-bond donors (Lipinski definition) is 1. The van der Waals surface area contributed by atoms with Crippen LogP contribution in [0.4, 0.5) is 13.2 Å². The van der Waals surface area contributed by atoms with Gasteiger partial charge in [-0.1, -0.05) is 47.5 Å². The fourth-order valence-electron chi connectivity index (χ4n) is 3.53. The molecule has 9 heteroatoms. The number of aromatic nitrogens is 2. The average molecular weight is 492 g/mol. The molecule has 0 saturated carbocycles. The second-order valence-corrected chi connectivity index (χ2v) is 8.10. The maximum Gasteiger partial charge on any atom is 0.416 e. The molecule has 0 saturated heterocycles. The van der Waals surface area contributed by atoms with E-state index in [0.29, 0.717) is 26.8 Å². The van der Waals surface area contributed by atoms with Gasteiger partial charge in [-0.25, -0.2) is 4.79 Å². The van der Waals surface area contributed by atoms with Crippen LogP contribution in [0.5, 0.6) is 5.88 Å². The van der Waals surface area contributed by atoms with Crippen LogP contribution in [0.15, 0.2) is 77.7 Å². The van der Waals surface area contributed by atoms with E-state index < -0.39 is 17.3 Å². The largest absolute Gasteiger partial charge is 0.477 e. The minimum Gasteiger partial charge on any atom is -0.477 e. The van der Waals surface area contributed by atoms with Crippen LogP contribution in [-0.4, -0.2) is 9.51 Å². The Balaban J connectivity index is 1.81. The van der Waals surface area contributed by atoms with Gasteiger partial charge in [0, 0.05) is 21.7 Å². The molecular formula is C24H16Cl2F3N2O2+. The Hall–Kier alpha value is -3.29. The Morgan fingerprint density at radius 3 is 2.42 bits per heavy atom. The van der Waals surface area contributed by atoms with E-state index >= 15 is 0 Å². The first-order valence-corrected chi connectivity index (χ1v) is 10.5. The lowest BCUT2D eigenvalue weighted by Crippen LogP contribution is -2.40. The van der Waals surface area contributed by atoms with Crippen LogP contribution in [0.25, 0.3) is 22.9 Å². The molecule has 168 valence electrons. The lowest BCUT2D eigenvalue weighted by molar-refractivity contribution is -0.670. The van der Waals surface area contributed by atoms with Gasteiger partial charge in [-0.05, 0) is 48.0 Å². The number of aromatic hydroxyl groups is 1. The number of alkyl halides is 3. The van der Waals surface area contributed by atoms with Crippen molar-refractivity contribution in [3.63, 3.8) is 0 Å². The molecule has 0 atom stereocenters. The molecule has 0 aliphatic carbocycles. The predicted octanol–water partition coefficient (Wildman–Crippen LogP) is 6.00. The molecule has 1 N–H and O–H groups in total. The van der Waals surface area contributed by atoms with Gasteiger partial charge in [-0.3, -0.25) is 0 Å². The Labute approximate surface area is 196 Å². The highest BCUT2D eigenvalue weighted by molar-refractivity contribution is 6.35. The van der Waals surface area contributed by atoms with Crippen LogP contribution in [0.3, 0.4) is 0 Å². The van der Waals surface area contributed by atoms with E-state index in [1.165, 1.54) is 39.3 Å². The SMILES string of the molecule is O=c1c(-c2cc(Cl)cc(Cl)c2)c(O)[n+](C/C=C/c2cccc(C(F)(F)F)c2)c2ccccn12. The Morgan fingerprint density at radius 2 is 1.73 bits per heavy atom. The van der Waals surface area contributed by atoms with Crippen LogP contribution >= 0.6 is 23.2 Å². The molecule has 0 fully saturated rings. The maximum absolute atomic E-state index is 13.1. The summed E-state index contributed by atoms with van der Waals surface area (Å²) in [6.07, 6.45) is 0.226. The molecule has 0 unspecified atom stereocenters. The summed E-state index contributed by atoms with van der Waals surface area (Å²) in [5.74, 6) is -0.321. The smallest absolute Gasteiger partial charge is 0.416 e. The highest BCUT2D eigenvalue weighted by Crippen LogP contribution is 2.30. The van der Waals surface area contributed by atoms with Gasteiger partial charge in [0.1, 0.15) is 6.54 Å². The summed E-state index contributed by atoms with van der Waals surface area (Å²) >= 11 is 12.2. The molecule has 0 aliphatic rings. The summed E-state index contributed by atoms with van der Waals surface area (Å²) in [5, 5.41) is 11.6. The van der Waals surface area contributed by atoms with Crippen LogP contribution < -0.4 is 10.1 Å². The number of fused-ring (bicyclic) bond motifs is 1. The fraction of sp³-hybridized carbons (Fsp3) is 0.0833. The molecular weight excluding hydrogens is 476 g/mol. The zero-order valence-corrected chi connectivity index (χ0v) is 18.4. The summed E-state index contributed by atoms with van der Waals surface area (Å²) in [6, 6.07) is 14.5. The molecule has 4 nitrogen and oxygen atoms in total. The van der Waals surface area contributed by atoms with Gasteiger partial charge >= 0.3 is 11.7 Å².